The molecule has 0 atom stereocenters. The fourth-order valence-electron chi connectivity index (χ4n) is 3.74. The lowest BCUT2D eigenvalue weighted by Crippen LogP contribution is -2.19. The quantitative estimate of drug-likeness (QED) is 0.532. The minimum absolute atomic E-state index is 0.0685. The van der Waals surface area contributed by atoms with Crippen LogP contribution in [0.4, 0.5) is 11.4 Å². The lowest BCUT2D eigenvalue weighted by molar-refractivity contribution is 0.101. The van der Waals surface area contributed by atoms with Gasteiger partial charge in [0.15, 0.2) is 5.78 Å². The molecule has 5 nitrogen and oxygen atoms in total. The minimum atomic E-state index is -0.258. The van der Waals surface area contributed by atoms with Crippen LogP contribution in [0.15, 0.2) is 72.8 Å². The number of carbonyl (C=O) groups excluding carboxylic acids is 2. The van der Waals surface area contributed by atoms with E-state index < -0.39 is 0 Å². The SMILES string of the molecule is CC(=O)c1cc(N2CCCC2)ccc1NC(=O)c1ccc(OCc2ccccc2)cc1. The third-order valence-electron chi connectivity index (χ3n) is 5.47. The van der Waals surface area contributed by atoms with E-state index in [2.05, 4.69) is 10.2 Å². The molecule has 4 rings (SSSR count). The van der Waals surface area contributed by atoms with E-state index in [0.29, 0.717) is 29.2 Å². The topological polar surface area (TPSA) is 58.6 Å². The first kappa shape index (κ1) is 20.7. The predicted molar refractivity (Wildman–Crippen MR) is 123 cm³/mol. The van der Waals surface area contributed by atoms with E-state index in [1.54, 1.807) is 24.3 Å². The zero-order chi connectivity index (χ0) is 21.6. The molecule has 0 radical (unpaired) electrons. The molecule has 5 heteroatoms. The Bertz CT molecular complexity index is 1060. The number of ketones is 1. The summed E-state index contributed by atoms with van der Waals surface area (Å²) >= 11 is 0. The number of hydrogen-bond acceptors (Lipinski definition) is 4. The van der Waals surface area contributed by atoms with E-state index in [-0.39, 0.29) is 11.7 Å². The van der Waals surface area contributed by atoms with Gasteiger partial charge in [-0.1, -0.05) is 30.3 Å². The minimum Gasteiger partial charge on any atom is -0.489 e. The summed E-state index contributed by atoms with van der Waals surface area (Å²) in [6.45, 7) is 4.00. The lowest BCUT2D eigenvalue weighted by atomic mass is 10.1. The zero-order valence-electron chi connectivity index (χ0n) is 17.6. The highest BCUT2D eigenvalue weighted by Gasteiger charge is 2.17. The molecule has 1 amide bonds. The van der Waals surface area contributed by atoms with E-state index in [9.17, 15) is 9.59 Å². The van der Waals surface area contributed by atoms with Crippen molar-refractivity contribution in [3.05, 3.63) is 89.5 Å². The Morgan fingerprint density at radius 1 is 0.935 bits per heavy atom. The summed E-state index contributed by atoms with van der Waals surface area (Å²) in [6.07, 6.45) is 2.33. The van der Waals surface area contributed by atoms with Gasteiger partial charge in [-0.3, -0.25) is 9.59 Å². The molecular formula is C26H26N2O3. The standard InChI is InChI=1S/C26H26N2O3/c1-19(29)24-17-22(28-15-5-6-16-28)11-14-25(24)27-26(30)21-9-12-23(13-10-21)31-18-20-7-3-2-4-8-20/h2-4,7-14,17H,5-6,15-16,18H2,1H3,(H,27,30). The maximum atomic E-state index is 12.7. The highest BCUT2D eigenvalue weighted by Crippen LogP contribution is 2.27. The Labute approximate surface area is 182 Å². The van der Waals surface area contributed by atoms with Gasteiger partial charge >= 0.3 is 0 Å². The van der Waals surface area contributed by atoms with Gasteiger partial charge in [0.1, 0.15) is 12.4 Å². The van der Waals surface area contributed by atoms with Crippen LogP contribution in [0.25, 0.3) is 0 Å². The molecule has 1 heterocycles. The van der Waals surface area contributed by atoms with E-state index in [0.717, 1.165) is 24.3 Å². The lowest BCUT2D eigenvalue weighted by Gasteiger charge is -2.19. The zero-order valence-corrected chi connectivity index (χ0v) is 17.6. The first-order valence-corrected chi connectivity index (χ1v) is 10.6. The van der Waals surface area contributed by atoms with Crippen molar-refractivity contribution >= 4 is 23.1 Å². The number of anilines is 2. The van der Waals surface area contributed by atoms with Crippen LogP contribution in [-0.4, -0.2) is 24.8 Å². The Kier molecular flexibility index (Phi) is 6.32. The van der Waals surface area contributed by atoms with Crippen LogP contribution in [0.3, 0.4) is 0 Å². The van der Waals surface area contributed by atoms with Crippen LogP contribution in [0.1, 0.15) is 46.0 Å². The van der Waals surface area contributed by atoms with Crippen molar-refractivity contribution in [1.82, 2.24) is 0 Å². The average Bonchev–Trinajstić information content (AvgIpc) is 3.34. The molecule has 0 aromatic heterocycles. The molecular weight excluding hydrogens is 388 g/mol. The number of benzene rings is 3. The number of nitrogens with zero attached hydrogens (tertiary/aromatic N) is 1. The molecule has 31 heavy (non-hydrogen) atoms. The first-order valence-electron chi connectivity index (χ1n) is 10.6. The number of rotatable bonds is 7. The van der Waals surface area contributed by atoms with Gasteiger partial charge in [0.2, 0.25) is 0 Å². The van der Waals surface area contributed by atoms with E-state index in [1.807, 2.05) is 48.5 Å². The van der Waals surface area contributed by atoms with Crippen molar-refractivity contribution < 1.29 is 14.3 Å². The van der Waals surface area contributed by atoms with Crippen molar-refractivity contribution in [3.8, 4) is 5.75 Å². The Morgan fingerprint density at radius 2 is 1.65 bits per heavy atom. The van der Waals surface area contributed by atoms with Crippen LogP contribution < -0.4 is 15.0 Å². The normalized spacial score (nSPS) is 13.1. The van der Waals surface area contributed by atoms with Crippen LogP contribution in [0.2, 0.25) is 0 Å². The highest BCUT2D eigenvalue weighted by atomic mass is 16.5. The Hall–Kier alpha value is -3.60. The summed E-state index contributed by atoms with van der Waals surface area (Å²) < 4.78 is 5.78. The smallest absolute Gasteiger partial charge is 0.255 e. The molecule has 1 fully saturated rings. The van der Waals surface area contributed by atoms with Crippen molar-refractivity contribution in [3.63, 3.8) is 0 Å². The Balaban J connectivity index is 1.43. The molecule has 1 saturated heterocycles. The average molecular weight is 415 g/mol. The highest BCUT2D eigenvalue weighted by molar-refractivity contribution is 6.09. The van der Waals surface area contributed by atoms with Gasteiger partial charge in [0.05, 0.1) is 5.69 Å². The van der Waals surface area contributed by atoms with Crippen LogP contribution >= 0.6 is 0 Å². The number of amides is 1. The third-order valence-corrected chi connectivity index (χ3v) is 5.47. The van der Waals surface area contributed by atoms with E-state index >= 15 is 0 Å². The van der Waals surface area contributed by atoms with Crippen molar-refractivity contribution in [2.24, 2.45) is 0 Å². The molecule has 158 valence electrons. The molecule has 1 N–H and O–H groups in total. The van der Waals surface area contributed by atoms with Gasteiger partial charge in [-0.2, -0.15) is 0 Å². The summed E-state index contributed by atoms with van der Waals surface area (Å²) in [5.74, 6) is 0.367. The molecule has 3 aromatic carbocycles. The van der Waals surface area contributed by atoms with Crippen LogP contribution in [-0.2, 0) is 6.61 Å². The maximum absolute atomic E-state index is 12.7. The van der Waals surface area contributed by atoms with Crippen LogP contribution in [0, 0.1) is 0 Å². The first-order chi connectivity index (χ1) is 15.1. The van der Waals surface area contributed by atoms with Gasteiger partial charge in [-0.05, 0) is 67.8 Å². The molecule has 1 aliphatic heterocycles. The van der Waals surface area contributed by atoms with Gasteiger partial charge in [0, 0.05) is 29.9 Å². The summed E-state index contributed by atoms with van der Waals surface area (Å²) in [5, 5.41) is 2.88. The maximum Gasteiger partial charge on any atom is 0.255 e. The second-order valence-electron chi connectivity index (χ2n) is 7.73. The van der Waals surface area contributed by atoms with Gasteiger partial charge in [-0.25, -0.2) is 0 Å². The summed E-state index contributed by atoms with van der Waals surface area (Å²) in [7, 11) is 0. The molecule has 0 saturated carbocycles. The second-order valence-corrected chi connectivity index (χ2v) is 7.73. The number of ether oxygens (including phenoxy) is 1. The monoisotopic (exact) mass is 414 g/mol. The van der Waals surface area contributed by atoms with E-state index in [4.69, 9.17) is 4.74 Å². The molecule has 1 aliphatic rings. The molecule has 3 aromatic rings. The predicted octanol–water partition coefficient (Wildman–Crippen LogP) is 5.32. The number of Topliss-reactive ketones (excluding diaryl/α,β-unsaturated/α-hetero) is 1. The van der Waals surface area contributed by atoms with Crippen molar-refractivity contribution in [1.29, 1.82) is 0 Å². The second kappa shape index (κ2) is 9.47. The number of carbonyl (C=O) groups is 2. The summed E-state index contributed by atoms with van der Waals surface area (Å²) in [4.78, 5) is 27.2. The van der Waals surface area contributed by atoms with E-state index in [1.165, 1.54) is 19.8 Å². The van der Waals surface area contributed by atoms with Crippen molar-refractivity contribution in [2.75, 3.05) is 23.3 Å². The fourth-order valence-corrected chi connectivity index (χ4v) is 3.74. The largest absolute Gasteiger partial charge is 0.489 e. The number of hydrogen-bond donors (Lipinski definition) is 1. The van der Waals surface area contributed by atoms with Crippen LogP contribution in [0.5, 0.6) is 5.75 Å². The van der Waals surface area contributed by atoms with Gasteiger partial charge in [0.25, 0.3) is 5.91 Å². The molecule has 0 aliphatic carbocycles. The molecule has 0 spiro atoms. The summed E-state index contributed by atoms with van der Waals surface area (Å²) in [6, 6.07) is 22.6. The third kappa shape index (κ3) is 5.12. The fraction of sp³-hybridized carbons (Fsp3) is 0.231. The molecule has 0 unspecified atom stereocenters. The van der Waals surface area contributed by atoms with Gasteiger partial charge in [-0.15, -0.1) is 0 Å². The summed E-state index contributed by atoms with van der Waals surface area (Å²) in [5.41, 5.74) is 3.68. The number of nitrogens with one attached hydrogen (secondary N) is 1. The van der Waals surface area contributed by atoms with Crippen molar-refractivity contribution in [2.45, 2.75) is 26.4 Å². The Morgan fingerprint density at radius 3 is 2.32 bits per heavy atom. The molecule has 0 bridgehead atoms. The van der Waals surface area contributed by atoms with Gasteiger partial charge < -0.3 is 15.0 Å².